The van der Waals surface area contributed by atoms with E-state index in [1.807, 2.05) is 0 Å². The van der Waals surface area contributed by atoms with Gasteiger partial charge in [0.2, 0.25) is 5.91 Å². The van der Waals surface area contributed by atoms with Gasteiger partial charge in [-0.3, -0.25) is 14.4 Å². The number of rotatable bonds is 7. The zero-order chi connectivity index (χ0) is 19.1. The summed E-state index contributed by atoms with van der Waals surface area (Å²) in [6.45, 7) is 1.86. The Bertz CT molecular complexity index is 707. The van der Waals surface area contributed by atoms with Crippen molar-refractivity contribution in [2.24, 2.45) is 11.7 Å². The van der Waals surface area contributed by atoms with Crippen molar-refractivity contribution in [1.82, 2.24) is 4.90 Å². The van der Waals surface area contributed by atoms with Crippen LogP contribution in [0.2, 0.25) is 0 Å². The lowest BCUT2D eigenvalue weighted by Gasteiger charge is -2.31. The van der Waals surface area contributed by atoms with Gasteiger partial charge in [0, 0.05) is 18.0 Å². The summed E-state index contributed by atoms with van der Waals surface area (Å²) in [5.74, 6) is -1.48. The lowest BCUT2D eigenvalue weighted by atomic mass is 9.97. The number of piperidine rings is 1. The van der Waals surface area contributed by atoms with E-state index in [1.54, 1.807) is 24.3 Å². The predicted octanol–water partition coefficient (Wildman–Crippen LogP) is 1.25. The first-order chi connectivity index (χ1) is 12.4. The van der Waals surface area contributed by atoms with Gasteiger partial charge in [-0.1, -0.05) is 12.1 Å². The minimum atomic E-state index is -0.617. The number of carbonyl (C=O) groups is 4. The number of ether oxygens (including phenoxy) is 1. The summed E-state index contributed by atoms with van der Waals surface area (Å²) in [6.07, 6.45) is 1.36. The fraction of sp³-hybridized carbons (Fsp3) is 0.444. The lowest BCUT2D eigenvalue weighted by molar-refractivity contribution is -0.137. The van der Waals surface area contributed by atoms with Crippen LogP contribution in [0.4, 0.5) is 0 Å². The molecule has 1 aromatic carbocycles. The summed E-state index contributed by atoms with van der Waals surface area (Å²) < 4.78 is 5.14. The number of esters is 1. The van der Waals surface area contributed by atoms with Crippen LogP contribution in [0.1, 0.15) is 30.1 Å². The summed E-state index contributed by atoms with van der Waals surface area (Å²) in [5, 5.41) is 0. The van der Waals surface area contributed by atoms with E-state index in [0.717, 1.165) is 0 Å². The van der Waals surface area contributed by atoms with Gasteiger partial charge in [0.25, 0.3) is 5.91 Å². The van der Waals surface area contributed by atoms with Crippen LogP contribution in [-0.4, -0.2) is 53.9 Å². The molecule has 1 heterocycles. The number of amides is 2. The molecular weight excluding hydrogens is 356 g/mol. The van der Waals surface area contributed by atoms with E-state index in [-0.39, 0.29) is 29.9 Å². The zero-order valence-electron chi connectivity index (χ0n) is 14.6. The molecule has 0 aromatic heterocycles. The van der Waals surface area contributed by atoms with Crippen molar-refractivity contribution in [2.75, 3.05) is 25.4 Å². The van der Waals surface area contributed by atoms with Crippen LogP contribution < -0.4 is 5.73 Å². The first-order valence-corrected chi connectivity index (χ1v) is 9.32. The maximum atomic E-state index is 12.3. The molecule has 26 heavy (non-hydrogen) atoms. The third kappa shape index (κ3) is 5.59. The van der Waals surface area contributed by atoms with E-state index in [0.29, 0.717) is 29.8 Å². The molecule has 0 radical (unpaired) electrons. The Morgan fingerprint density at radius 1 is 1.27 bits per heavy atom. The highest BCUT2D eigenvalue weighted by Gasteiger charge is 2.27. The number of hydrogen-bond acceptors (Lipinski definition) is 6. The first-order valence-electron chi connectivity index (χ1n) is 8.34. The number of primary amides is 1. The van der Waals surface area contributed by atoms with Gasteiger partial charge in [-0.05, 0) is 31.9 Å². The van der Waals surface area contributed by atoms with Crippen molar-refractivity contribution < 1.29 is 23.9 Å². The maximum absolute atomic E-state index is 12.3. The highest BCUT2D eigenvalue weighted by Crippen LogP contribution is 2.23. The second-order valence-corrected chi connectivity index (χ2v) is 7.16. The Morgan fingerprint density at radius 2 is 2.00 bits per heavy atom. The van der Waals surface area contributed by atoms with Crippen molar-refractivity contribution >= 4 is 35.3 Å². The number of nitrogens with two attached hydrogens (primary N) is 1. The van der Waals surface area contributed by atoms with Gasteiger partial charge in [-0.2, -0.15) is 0 Å². The molecule has 0 bridgehead atoms. The standard InChI is InChI=1S/C18H22N2O5S/c1-12(21)11-26-15-7-3-2-6-14(15)18(24)25-10-16(22)20-8-4-5-13(9-20)17(19)23/h2-3,6-7,13H,4-5,8-11H2,1H3,(H2,19,23)/t13-/m1/s1. The quantitative estimate of drug-likeness (QED) is 0.565. The minimum absolute atomic E-state index is 0.00227. The number of hydrogen-bond donors (Lipinski definition) is 1. The predicted molar refractivity (Wildman–Crippen MR) is 96.6 cm³/mol. The Balaban J connectivity index is 1.93. The maximum Gasteiger partial charge on any atom is 0.339 e. The molecule has 2 rings (SSSR count). The molecule has 2 amide bonds. The topological polar surface area (TPSA) is 107 Å². The number of carbonyl (C=O) groups excluding carboxylic acids is 4. The molecular formula is C18H22N2O5S. The van der Waals surface area contributed by atoms with Gasteiger partial charge in [0.05, 0.1) is 17.2 Å². The highest BCUT2D eigenvalue weighted by atomic mass is 32.2. The fourth-order valence-electron chi connectivity index (χ4n) is 2.67. The van der Waals surface area contributed by atoms with Gasteiger partial charge in [0.15, 0.2) is 6.61 Å². The first kappa shape index (κ1) is 20.0. The normalized spacial score (nSPS) is 16.8. The Hall–Kier alpha value is -2.35. The number of Topliss-reactive ketones (excluding diaryl/α,β-unsaturated/α-hetero) is 1. The molecule has 140 valence electrons. The molecule has 1 aromatic rings. The molecule has 1 aliphatic rings. The number of benzene rings is 1. The number of likely N-dealkylation sites (tertiary alicyclic amines) is 1. The molecule has 0 unspecified atom stereocenters. The number of ketones is 1. The molecule has 0 saturated carbocycles. The number of thioether (sulfide) groups is 1. The summed E-state index contributed by atoms with van der Waals surface area (Å²) in [7, 11) is 0. The van der Waals surface area contributed by atoms with Gasteiger partial charge in [-0.25, -0.2) is 4.79 Å². The molecule has 1 atom stereocenters. The highest BCUT2D eigenvalue weighted by molar-refractivity contribution is 8.00. The van der Waals surface area contributed by atoms with E-state index in [9.17, 15) is 19.2 Å². The smallest absolute Gasteiger partial charge is 0.339 e. The van der Waals surface area contributed by atoms with Gasteiger partial charge < -0.3 is 15.4 Å². The van der Waals surface area contributed by atoms with E-state index in [2.05, 4.69) is 0 Å². The summed E-state index contributed by atoms with van der Waals surface area (Å²) in [6, 6.07) is 6.79. The molecule has 1 fully saturated rings. The van der Waals surface area contributed by atoms with E-state index in [1.165, 1.54) is 23.6 Å². The van der Waals surface area contributed by atoms with Gasteiger partial charge in [-0.15, -0.1) is 11.8 Å². The third-order valence-corrected chi connectivity index (χ3v) is 5.26. The van der Waals surface area contributed by atoms with Crippen molar-refractivity contribution in [3.8, 4) is 0 Å². The van der Waals surface area contributed by atoms with Crippen molar-refractivity contribution in [3.05, 3.63) is 29.8 Å². The Kier molecular flexibility index (Phi) is 7.20. The molecule has 8 heteroatoms. The van der Waals surface area contributed by atoms with Crippen LogP contribution in [0, 0.1) is 5.92 Å². The molecule has 1 aliphatic heterocycles. The lowest BCUT2D eigenvalue weighted by Crippen LogP contribution is -2.45. The average Bonchev–Trinajstić information content (AvgIpc) is 2.64. The van der Waals surface area contributed by atoms with E-state index < -0.39 is 18.5 Å². The van der Waals surface area contributed by atoms with Crippen LogP contribution in [0.25, 0.3) is 0 Å². The van der Waals surface area contributed by atoms with Gasteiger partial charge >= 0.3 is 5.97 Å². The van der Waals surface area contributed by atoms with Crippen LogP contribution in [-0.2, 0) is 19.1 Å². The second-order valence-electron chi connectivity index (χ2n) is 6.14. The second kappa shape index (κ2) is 9.38. The van der Waals surface area contributed by atoms with Crippen LogP contribution in [0.15, 0.2) is 29.2 Å². The van der Waals surface area contributed by atoms with Crippen molar-refractivity contribution in [3.63, 3.8) is 0 Å². The largest absolute Gasteiger partial charge is 0.452 e. The monoisotopic (exact) mass is 378 g/mol. The molecule has 1 saturated heterocycles. The summed E-state index contributed by atoms with van der Waals surface area (Å²) >= 11 is 1.25. The van der Waals surface area contributed by atoms with E-state index in [4.69, 9.17) is 10.5 Å². The third-order valence-electron chi connectivity index (χ3n) is 4.04. The molecule has 0 aliphatic carbocycles. The van der Waals surface area contributed by atoms with Gasteiger partial charge in [0.1, 0.15) is 5.78 Å². The van der Waals surface area contributed by atoms with Crippen molar-refractivity contribution in [1.29, 1.82) is 0 Å². The van der Waals surface area contributed by atoms with E-state index >= 15 is 0 Å². The summed E-state index contributed by atoms with van der Waals surface area (Å²) in [4.78, 5) is 49.1. The fourth-order valence-corrected chi connectivity index (χ4v) is 3.51. The van der Waals surface area contributed by atoms with Crippen LogP contribution >= 0.6 is 11.8 Å². The Morgan fingerprint density at radius 3 is 2.69 bits per heavy atom. The van der Waals surface area contributed by atoms with Crippen molar-refractivity contribution in [2.45, 2.75) is 24.7 Å². The average molecular weight is 378 g/mol. The summed E-state index contributed by atoms with van der Waals surface area (Å²) in [5.41, 5.74) is 5.63. The molecule has 0 spiro atoms. The minimum Gasteiger partial charge on any atom is -0.452 e. The molecule has 2 N–H and O–H groups in total. The zero-order valence-corrected chi connectivity index (χ0v) is 15.4. The van der Waals surface area contributed by atoms with Crippen LogP contribution in [0.5, 0.6) is 0 Å². The SMILES string of the molecule is CC(=O)CSc1ccccc1C(=O)OCC(=O)N1CCC[C@@H](C(N)=O)C1. The number of nitrogens with zero attached hydrogens (tertiary/aromatic N) is 1. The van der Waals surface area contributed by atoms with Crippen LogP contribution in [0.3, 0.4) is 0 Å². The molecule has 7 nitrogen and oxygen atoms in total. The Labute approximate surface area is 156 Å².